The van der Waals surface area contributed by atoms with Gasteiger partial charge in [0, 0.05) is 49.6 Å². The molecule has 0 radical (unpaired) electrons. The number of hydrogen-bond donors (Lipinski definition) is 0. The summed E-state index contributed by atoms with van der Waals surface area (Å²) in [4.78, 5) is 34.4. The van der Waals surface area contributed by atoms with E-state index >= 15 is 0 Å². The van der Waals surface area contributed by atoms with Gasteiger partial charge >= 0.3 is 25.4 Å². The van der Waals surface area contributed by atoms with Crippen LogP contribution in [0.15, 0.2) is 264 Å². The van der Waals surface area contributed by atoms with Crippen molar-refractivity contribution in [3.8, 4) is 67.5 Å². The summed E-state index contributed by atoms with van der Waals surface area (Å²) in [6, 6.07) is 52.0. The Kier molecular flexibility index (Phi) is 28.2. The SMILES string of the molecule is C[C@@H]1OC(c2c(Cl)cncc2Cl)=N[C@@H]1c1ccc(-c2ccc(OC(F)(F)F)cc2)cc1.C[C@@H]1OC(c2c(Cl)cncc2Cl)=N[C@H]1c1ccc(-c2ccc(OC(F)(F)F)cc2)cc1.C[C@H]1OC(c2c(Cl)cncc2Cl)=N[C@@H]1c1ccc(-c2ccc(OC(F)(F)F)cc2)cc1.C[C@H]1OC(c2c(Cl)cncc2Cl)=N[C@H]1c1ccc(-c2ccc(OC(F)(F)F)cc2)cc1. The first kappa shape index (κ1) is 90.6. The Bertz CT molecular complexity index is 5110. The van der Waals surface area contributed by atoms with Crippen molar-refractivity contribution in [1.29, 1.82) is 0 Å². The summed E-state index contributed by atoms with van der Waals surface area (Å²) in [5, 5.41) is 2.83. The van der Waals surface area contributed by atoms with Gasteiger partial charge in [0.1, 0.15) is 71.6 Å². The highest BCUT2D eigenvalue weighted by molar-refractivity contribution is 6.41. The molecule has 8 atom stereocenters. The number of aromatic nitrogens is 4. The highest BCUT2D eigenvalue weighted by atomic mass is 35.5. The summed E-state index contributed by atoms with van der Waals surface area (Å²) in [6.07, 6.45) is -7.98. The largest absolute Gasteiger partial charge is 0.573 e. The van der Waals surface area contributed by atoms with Gasteiger partial charge in [-0.3, -0.25) is 19.9 Å². The smallest absolute Gasteiger partial charge is 0.472 e. The highest BCUT2D eigenvalue weighted by Crippen LogP contribution is 2.43. The van der Waals surface area contributed by atoms with Crippen LogP contribution >= 0.6 is 92.8 Å². The van der Waals surface area contributed by atoms with Crippen molar-refractivity contribution >= 4 is 116 Å². The van der Waals surface area contributed by atoms with E-state index in [1.807, 2.05) is 125 Å². The molecule has 4 aromatic heterocycles. The summed E-state index contributed by atoms with van der Waals surface area (Å²) in [7, 11) is 0. The van der Waals surface area contributed by atoms with Gasteiger partial charge in [0.05, 0.1) is 62.4 Å². The second-order valence-corrected chi connectivity index (χ2v) is 30.8. The fraction of sp³-hybridized carbons (Fsp3) is 0.182. The van der Waals surface area contributed by atoms with Gasteiger partial charge in [0.15, 0.2) is 0 Å². The summed E-state index contributed by atoms with van der Waals surface area (Å²) >= 11 is 49.7. The third-order valence-electron chi connectivity index (χ3n) is 19.0. The molecule has 0 saturated carbocycles. The lowest BCUT2D eigenvalue weighted by Crippen LogP contribution is -2.16. The Morgan fingerprint density at radius 3 is 0.500 bits per heavy atom. The Hall–Kier alpha value is -11.1. The van der Waals surface area contributed by atoms with Crippen molar-refractivity contribution in [2.24, 2.45) is 20.0 Å². The number of pyridine rings is 4. The van der Waals surface area contributed by atoms with Gasteiger partial charge in [-0.1, -0.05) is 238 Å². The second kappa shape index (κ2) is 38.6. The number of nitrogens with zero attached hydrogens (tertiary/aromatic N) is 8. The fourth-order valence-electron chi connectivity index (χ4n) is 13.2. The molecule has 36 heteroatoms. The normalized spacial score (nSPS) is 18.5. The first-order valence-electron chi connectivity index (χ1n) is 36.8. The molecule has 0 amide bonds. The van der Waals surface area contributed by atoms with Gasteiger partial charge in [0.2, 0.25) is 23.6 Å². The van der Waals surface area contributed by atoms with Crippen molar-refractivity contribution in [3.63, 3.8) is 0 Å². The lowest BCUT2D eigenvalue weighted by molar-refractivity contribution is -0.275. The van der Waals surface area contributed by atoms with Crippen molar-refractivity contribution in [2.75, 3.05) is 0 Å². The predicted molar refractivity (Wildman–Crippen MR) is 451 cm³/mol. The average Bonchev–Trinajstić information content (AvgIpc) is 1.73. The molecule has 0 fully saturated rings. The van der Waals surface area contributed by atoms with Gasteiger partial charge in [-0.25, -0.2) is 20.0 Å². The maximum Gasteiger partial charge on any atom is 0.573 e. The summed E-state index contributed by atoms with van der Waals surface area (Å²) in [6.45, 7) is 7.60. The first-order chi connectivity index (χ1) is 58.8. The molecule has 4 aliphatic heterocycles. The summed E-state index contributed by atoms with van der Waals surface area (Å²) in [5.74, 6) is 0.386. The van der Waals surface area contributed by atoms with Crippen LogP contribution in [0.4, 0.5) is 52.7 Å². The van der Waals surface area contributed by atoms with E-state index < -0.39 is 25.4 Å². The molecule has 12 aromatic rings. The Labute approximate surface area is 739 Å². The van der Waals surface area contributed by atoms with E-state index in [9.17, 15) is 52.7 Å². The summed E-state index contributed by atoms with van der Waals surface area (Å²) < 4.78 is 187. The van der Waals surface area contributed by atoms with E-state index in [0.29, 0.717) is 86.0 Å². The van der Waals surface area contributed by atoms with Crippen molar-refractivity contribution in [3.05, 3.63) is 328 Å². The van der Waals surface area contributed by atoms with Crippen LogP contribution in [-0.4, -0.2) is 93.4 Å². The van der Waals surface area contributed by atoms with Gasteiger partial charge in [0.25, 0.3) is 0 Å². The number of rotatable bonds is 16. The molecule has 0 unspecified atom stereocenters. The topological polar surface area (TPSA) is 175 Å². The average molecular weight is 1870 g/mol. The van der Waals surface area contributed by atoms with Crippen LogP contribution in [-0.2, 0) is 18.9 Å². The Morgan fingerprint density at radius 2 is 0.363 bits per heavy atom. The van der Waals surface area contributed by atoms with Crippen LogP contribution in [0.1, 0.15) is 96.4 Å². The van der Waals surface area contributed by atoms with Gasteiger partial charge in [-0.05, 0) is 143 Å². The molecule has 0 spiro atoms. The zero-order valence-electron chi connectivity index (χ0n) is 64.1. The summed E-state index contributed by atoms with van der Waals surface area (Å²) in [5.41, 5.74) is 12.1. The molecule has 640 valence electrons. The third-order valence-corrected chi connectivity index (χ3v) is 21.2. The minimum atomic E-state index is -4.71. The number of hydrogen-bond acceptors (Lipinski definition) is 16. The Balaban J connectivity index is 0.000000142. The molecule has 16 nitrogen and oxygen atoms in total. The molecule has 0 aliphatic carbocycles. The van der Waals surface area contributed by atoms with Crippen LogP contribution in [0.5, 0.6) is 23.0 Å². The minimum Gasteiger partial charge on any atom is -0.472 e. The molecule has 124 heavy (non-hydrogen) atoms. The first-order valence-corrected chi connectivity index (χ1v) is 39.9. The monoisotopic (exact) mass is 1860 g/mol. The molecule has 8 aromatic carbocycles. The second-order valence-electron chi connectivity index (χ2n) is 27.5. The van der Waals surface area contributed by atoms with Gasteiger partial charge in [-0.15, -0.1) is 52.7 Å². The van der Waals surface area contributed by atoms with Crippen LogP contribution < -0.4 is 18.9 Å². The number of ether oxygens (including phenoxy) is 8. The molecule has 8 heterocycles. The lowest BCUT2D eigenvalue weighted by atomic mass is 9.99. The van der Waals surface area contributed by atoms with Crippen molar-refractivity contribution in [1.82, 2.24) is 19.9 Å². The third kappa shape index (κ3) is 23.1. The van der Waals surface area contributed by atoms with Crippen LogP contribution in [0, 0.1) is 0 Å². The maximum atomic E-state index is 12.3. The molecular formula is C88H60Cl8F12N8O8. The molecule has 16 rings (SSSR count). The van der Waals surface area contributed by atoms with E-state index in [0.717, 1.165) is 66.8 Å². The van der Waals surface area contributed by atoms with E-state index in [1.165, 1.54) is 98.1 Å². The highest BCUT2D eigenvalue weighted by Gasteiger charge is 2.39. The zero-order valence-corrected chi connectivity index (χ0v) is 70.2. The molecular weight excluding hydrogens is 1810 g/mol. The van der Waals surface area contributed by atoms with E-state index in [1.54, 1.807) is 48.5 Å². The van der Waals surface area contributed by atoms with E-state index in [2.05, 4.69) is 58.9 Å². The number of benzene rings is 8. The Morgan fingerprint density at radius 1 is 0.226 bits per heavy atom. The zero-order chi connectivity index (χ0) is 88.7. The fourth-order valence-corrected chi connectivity index (χ4v) is 15.3. The molecule has 4 aliphatic rings. The van der Waals surface area contributed by atoms with Crippen molar-refractivity contribution < 1.29 is 90.6 Å². The minimum absolute atomic E-state index is 0.236. The molecule has 0 bridgehead atoms. The van der Waals surface area contributed by atoms with Gasteiger partial charge in [-0.2, -0.15) is 0 Å². The van der Waals surface area contributed by atoms with Crippen LogP contribution in [0.2, 0.25) is 40.2 Å². The maximum absolute atomic E-state index is 12.3. The van der Waals surface area contributed by atoms with Crippen LogP contribution in [0.25, 0.3) is 44.5 Å². The standard InChI is InChI=1S/4C22H15Cl2F3N2O2/c4*1-12-20(29-21(30-12)19-17(23)10-28-11-18(19)24)15-4-2-13(3-5-15)14-6-8-16(9-7-14)31-22(25,26)27/h4*2-12,20H,1H3/t2*12-,20+;2*12-,20-/m1010/s1. The van der Waals surface area contributed by atoms with E-state index in [4.69, 9.17) is 112 Å². The van der Waals surface area contributed by atoms with Crippen molar-refractivity contribution in [2.45, 2.75) is 102 Å². The van der Waals surface area contributed by atoms with Gasteiger partial charge < -0.3 is 37.9 Å². The molecule has 0 N–H and O–H groups in total. The van der Waals surface area contributed by atoms with Crippen LogP contribution in [0.3, 0.4) is 0 Å². The lowest BCUT2D eigenvalue weighted by Gasteiger charge is -2.14. The quantitative estimate of drug-likeness (QED) is 0.0839. The number of aliphatic imine (C=N–C) groups is 4. The molecule has 0 saturated heterocycles. The predicted octanol–water partition coefficient (Wildman–Crippen LogP) is 27.4. The van der Waals surface area contributed by atoms with E-state index in [-0.39, 0.29) is 71.6 Å². The number of halogens is 20. The number of alkyl halides is 12.